The molecule has 1 aromatic carbocycles. The van der Waals surface area contributed by atoms with Crippen LogP contribution in [0.25, 0.3) is 22.3 Å². The van der Waals surface area contributed by atoms with Crippen LogP contribution in [0.3, 0.4) is 0 Å². The van der Waals surface area contributed by atoms with Crippen LogP contribution in [0.1, 0.15) is 10.4 Å². The predicted molar refractivity (Wildman–Crippen MR) is 64.4 cm³/mol. The molecule has 5 heteroatoms. The molecule has 5 nitrogen and oxygen atoms in total. The first-order chi connectivity index (χ1) is 8.24. The molecule has 0 unspecified atom stereocenters. The van der Waals surface area contributed by atoms with Crippen LogP contribution in [-0.2, 0) is 0 Å². The highest BCUT2D eigenvalue weighted by Gasteiger charge is 2.07. The molecule has 0 saturated carbocycles. The van der Waals surface area contributed by atoms with E-state index in [0.717, 1.165) is 22.3 Å². The van der Waals surface area contributed by atoms with Gasteiger partial charge >= 0.3 is 0 Å². The van der Waals surface area contributed by atoms with Crippen molar-refractivity contribution in [2.45, 2.75) is 0 Å². The molecule has 0 fully saturated rings. The van der Waals surface area contributed by atoms with Gasteiger partial charge in [-0.1, -0.05) is 0 Å². The molecule has 0 atom stereocenters. The second kappa shape index (κ2) is 3.48. The Morgan fingerprint density at radius 1 is 1.24 bits per heavy atom. The van der Waals surface area contributed by atoms with Crippen LogP contribution in [0.5, 0.6) is 0 Å². The number of hydrogen-bond donors (Lipinski definition) is 3. The quantitative estimate of drug-likeness (QED) is 0.620. The summed E-state index contributed by atoms with van der Waals surface area (Å²) < 4.78 is 0. The smallest absolute Gasteiger partial charge is 0.248 e. The van der Waals surface area contributed by atoms with E-state index in [4.69, 9.17) is 5.73 Å². The Labute approximate surface area is 96.6 Å². The topological polar surface area (TPSA) is 87.6 Å². The van der Waals surface area contributed by atoms with E-state index in [1.165, 1.54) is 0 Å². The van der Waals surface area contributed by atoms with Gasteiger partial charge in [0.1, 0.15) is 5.69 Å². The fourth-order valence-corrected chi connectivity index (χ4v) is 1.83. The molecule has 2 aromatic heterocycles. The number of carbonyl (C=O) groups is 1. The van der Waals surface area contributed by atoms with E-state index in [-0.39, 0.29) is 0 Å². The Balaban J connectivity index is 2.16. The number of fused-ring (bicyclic) bond motifs is 1. The summed E-state index contributed by atoms with van der Waals surface area (Å²) in [6.45, 7) is 0. The second-order valence-electron chi connectivity index (χ2n) is 3.81. The first kappa shape index (κ1) is 9.65. The number of nitrogens with two attached hydrogens (primary N) is 1. The zero-order valence-electron chi connectivity index (χ0n) is 8.90. The van der Waals surface area contributed by atoms with E-state index in [0.29, 0.717) is 5.56 Å². The lowest BCUT2D eigenvalue weighted by Crippen LogP contribution is -2.10. The lowest BCUT2D eigenvalue weighted by Gasteiger charge is -1.94. The van der Waals surface area contributed by atoms with Crippen molar-refractivity contribution in [3.8, 4) is 11.4 Å². The summed E-state index contributed by atoms with van der Waals surface area (Å²) >= 11 is 0. The normalized spacial score (nSPS) is 10.8. The van der Waals surface area contributed by atoms with Crippen LogP contribution in [0.4, 0.5) is 0 Å². The number of aromatic amines is 2. The second-order valence-corrected chi connectivity index (χ2v) is 3.81. The van der Waals surface area contributed by atoms with Crippen LogP contribution < -0.4 is 5.73 Å². The Morgan fingerprint density at radius 3 is 2.82 bits per heavy atom. The number of aromatic nitrogens is 3. The van der Waals surface area contributed by atoms with Gasteiger partial charge in [0.05, 0.1) is 5.69 Å². The Morgan fingerprint density at radius 2 is 2.12 bits per heavy atom. The molecular formula is C12H10N4O. The first-order valence-electron chi connectivity index (χ1n) is 5.17. The summed E-state index contributed by atoms with van der Waals surface area (Å²) in [4.78, 5) is 14.3. The molecule has 0 radical (unpaired) electrons. The van der Waals surface area contributed by atoms with E-state index in [1.807, 2.05) is 18.2 Å². The third kappa shape index (κ3) is 1.57. The zero-order chi connectivity index (χ0) is 11.8. The predicted octanol–water partition coefficient (Wildman–Crippen LogP) is 1.66. The minimum Gasteiger partial charge on any atom is -0.366 e. The molecule has 0 saturated heterocycles. The van der Waals surface area contributed by atoms with Gasteiger partial charge in [0.15, 0.2) is 0 Å². The number of primary amides is 1. The minimum absolute atomic E-state index is 0.422. The van der Waals surface area contributed by atoms with Crippen molar-refractivity contribution in [3.63, 3.8) is 0 Å². The van der Waals surface area contributed by atoms with Crippen LogP contribution in [0, 0.1) is 0 Å². The number of nitrogens with one attached hydrogen (secondary N) is 2. The maximum absolute atomic E-state index is 11.1. The van der Waals surface area contributed by atoms with Crippen LogP contribution in [0.2, 0.25) is 0 Å². The Bertz CT molecular complexity index is 682. The summed E-state index contributed by atoms with van der Waals surface area (Å²) in [7, 11) is 0. The fourth-order valence-electron chi connectivity index (χ4n) is 1.83. The van der Waals surface area contributed by atoms with Gasteiger partial charge in [-0.15, -0.1) is 0 Å². The van der Waals surface area contributed by atoms with Gasteiger partial charge in [-0.2, -0.15) is 5.10 Å². The first-order valence-corrected chi connectivity index (χ1v) is 5.17. The molecular weight excluding hydrogens is 216 g/mol. The maximum Gasteiger partial charge on any atom is 0.248 e. The van der Waals surface area contributed by atoms with Crippen molar-refractivity contribution in [1.29, 1.82) is 0 Å². The van der Waals surface area contributed by atoms with E-state index >= 15 is 0 Å². The van der Waals surface area contributed by atoms with Gasteiger partial charge in [0.25, 0.3) is 0 Å². The van der Waals surface area contributed by atoms with Gasteiger partial charge in [-0.05, 0) is 30.3 Å². The van der Waals surface area contributed by atoms with E-state index < -0.39 is 5.91 Å². The SMILES string of the molecule is NC(=O)c1ccc2[nH]c(-c3cc[nH]n3)cc2c1. The lowest BCUT2D eigenvalue weighted by atomic mass is 10.1. The summed E-state index contributed by atoms with van der Waals surface area (Å²) in [5.74, 6) is -0.422. The number of benzene rings is 1. The number of hydrogen-bond acceptors (Lipinski definition) is 2. The van der Waals surface area contributed by atoms with Gasteiger partial charge in [0.2, 0.25) is 5.91 Å². The molecule has 0 aliphatic rings. The summed E-state index contributed by atoms with van der Waals surface area (Å²) in [5.41, 5.74) is 8.44. The molecule has 2 heterocycles. The fraction of sp³-hybridized carbons (Fsp3) is 0. The molecule has 0 spiro atoms. The molecule has 0 aliphatic carbocycles. The highest BCUT2D eigenvalue weighted by atomic mass is 16.1. The highest BCUT2D eigenvalue weighted by molar-refractivity contribution is 5.97. The van der Waals surface area contributed by atoms with E-state index in [2.05, 4.69) is 15.2 Å². The number of H-pyrrole nitrogens is 2. The summed E-state index contributed by atoms with van der Waals surface area (Å²) in [6.07, 6.45) is 1.76. The number of nitrogens with zero attached hydrogens (tertiary/aromatic N) is 1. The summed E-state index contributed by atoms with van der Waals surface area (Å²) in [5, 5.41) is 7.79. The molecule has 84 valence electrons. The standard InChI is InChI=1S/C12H10N4O/c13-12(17)7-1-2-9-8(5-7)6-11(15-9)10-3-4-14-16-10/h1-6,15H,(H2,13,17)(H,14,16). The van der Waals surface area contributed by atoms with Gasteiger partial charge in [-0.3, -0.25) is 9.89 Å². The zero-order valence-corrected chi connectivity index (χ0v) is 8.90. The van der Waals surface area contributed by atoms with Crippen molar-refractivity contribution in [2.75, 3.05) is 0 Å². The molecule has 4 N–H and O–H groups in total. The molecule has 17 heavy (non-hydrogen) atoms. The van der Waals surface area contributed by atoms with Gasteiger partial charge in [-0.25, -0.2) is 0 Å². The van der Waals surface area contributed by atoms with Crippen molar-refractivity contribution in [3.05, 3.63) is 42.1 Å². The van der Waals surface area contributed by atoms with Crippen LogP contribution in [0.15, 0.2) is 36.5 Å². The average molecular weight is 226 g/mol. The molecule has 1 amide bonds. The monoisotopic (exact) mass is 226 g/mol. The minimum atomic E-state index is -0.422. The largest absolute Gasteiger partial charge is 0.366 e. The van der Waals surface area contributed by atoms with Crippen molar-refractivity contribution < 1.29 is 4.79 Å². The average Bonchev–Trinajstić information content (AvgIpc) is 2.96. The van der Waals surface area contributed by atoms with Crippen molar-refractivity contribution >= 4 is 16.8 Å². The van der Waals surface area contributed by atoms with Crippen LogP contribution >= 0.6 is 0 Å². The van der Waals surface area contributed by atoms with Crippen LogP contribution in [-0.4, -0.2) is 21.1 Å². The van der Waals surface area contributed by atoms with Crippen molar-refractivity contribution in [2.24, 2.45) is 5.73 Å². The van der Waals surface area contributed by atoms with E-state index in [1.54, 1.807) is 18.3 Å². The van der Waals surface area contributed by atoms with Gasteiger partial charge in [0, 0.05) is 22.7 Å². The lowest BCUT2D eigenvalue weighted by molar-refractivity contribution is 0.100. The molecule has 3 aromatic rings. The maximum atomic E-state index is 11.1. The number of amides is 1. The molecule has 0 aliphatic heterocycles. The molecule has 0 bridgehead atoms. The third-order valence-corrected chi connectivity index (χ3v) is 2.68. The van der Waals surface area contributed by atoms with Crippen molar-refractivity contribution in [1.82, 2.24) is 15.2 Å². The Hall–Kier alpha value is -2.56. The highest BCUT2D eigenvalue weighted by Crippen LogP contribution is 2.23. The number of carbonyl (C=O) groups excluding carboxylic acids is 1. The van der Waals surface area contributed by atoms with Gasteiger partial charge < -0.3 is 10.7 Å². The number of rotatable bonds is 2. The third-order valence-electron chi connectivity index (χ3n) is 2.68. The Kier molecular flexibility index (Phi) is 1.98. The van der Waals surface area contributed by atoms with E-state index in [9.17, 15) is 4.79 Å². The molecule has 3 rings (SSSR count). The summed E-state index contributed by atoms with van der Waals surface area (Å²) in [6, 6.07) is 9.13.